The summed E-state index contributed by atoms with van der Waals surface area (Å²) < 4.78 is 8.63. The molecule has 0 amide bonds. The zero-order valence-electron chi connectivity index (χ0n) is 36.7. The minimum atomic E-state index is -0.546. The molecule has 0 saturated carbocycles. The molecule has 12 aromatic rings. The summed E-state index contributed by atoms with van der Waals surface area (Å²) in [7, 11) is 0. The van der Waals surface area contributed by atoms with Crippen LogP contribution < -0.4 is 0 Å². The molecule has 0 N–H and O–H groups in total. The predicted octanol–water partition coefficient (Wildman–Crippen LogP) is 16.0. The van der Waals surface area contributed by atoms with Crippen LogP contribution in [0.25, 0.3) is 71.7 Å². The lowest BCUT2D eigenvalue weighted by atomic mass is 9.62. The van der Waals surface area contributed by atoms with E-state index < -0.39 is 10.8 Å². The first-order valence-corrected chi connectivity index (χ1v) is 23.1. The lowest BCUT2D eigenvalue weighted by Gasteiger charge is -2.39. The van der Waals surface area contributed by atoms with Crippen molar-refractivity contribution >= 4 is 43.7 Å². The molecule has 0 unspecified atom stereocenters. The van der Waals surface area contributed by atoms with Gasteiger partial charge in [0.05, 0.1) is 21.9 Å². The van der Waals surface area contributed by atoms with Crippen molar-refractivity contribution in [1.82, 2.24) is 4.57 Å². The summed E-state index contributed by atoms with van der Waals surface area (Å²) in [6.07, 6.45) is 0. The van der Waals surface area contributed by atoms with Crippen molar-refractivity contribution in [3.8, 4) is 27.9 Å². The van der Waals surface area contributed by atoms with Crippen molar-refractivity contribution in [2.24, 2.45) is 0 Å². The molecule has 0 aliphatic heterocycles. The average molecular weight is 842 g/mol. The smallest absolute Gasteiger partial charge is 0.135 e. The van der Waals surface area contributed by atoms with Crippen molar-refractivity contribution in [3.05, 3.63) is 280 Å². The average Bonchev–Trinajstić information content (AvgIpc) is 4.08. The van der Waals surface area contributed by atoms with Crippen LogP contribution in [-0.2, 0) is 10.8 Å². The van der Waals surface area contributed by atoms with Crippen LogP contribution >= 0.6 is 0 Å². The fourth-order valence-electron chi connectivity index (χ4n) is 12.4. The third-order valence-electron chi connectivity index (χ3n) is 15.0. The van der Waals surface area contributed by atoms with Crippen molar-refractivity contribution in [2.75, 3.05) is 0 Å². The monoisotopic (exact) mass is 841 g/mol. The molecular weight excluding hydrogens is 799 g/mol. The van der Waals surface area contributed by atoms with Crippen molar-refractivity contribution < 1.29 is 4.42 Å². The van der Waals surface area contributed by atoms with E-state index in [1.54, 1.807) is 0 Å². The van der Waals surface area contributed by atoms with Gasteiger partial charge in [0, 0.05) is 27.2 Å². The highest BCUT2D eigenvalue weighted by molar-refractivity contribution is 6.09. The number of benzene rings is 10. The molecule has 2 heteroatoms. The van der Waals surface area contributed by atoms with Crippen LogP contribution in [0.3, 0.4) is 0 Å². The number of hydrogen-bond acceptors (Lipinski definition) is 1. The highest BCUT2D eigenvalue weighted by Crippen LogP contribution is 2.67. The molecule has 14 rings (SSSR count). The maximum absolute atomic E-state index is 6.21. The Morgan fingerprint density at radius 3 is 1.27 bits per heavy atom. The molecular formula is C64H43NO. The molecule has 0 atom stereocenters. The molecule has 0 spiro atoms. The minimum absolute atomic E-state index is 0.542. The second kappa shape index (κ2) is 13.7. The maximum atomic E-state index is 6.21. The fraction of sp³-hybridized carbons (Fsp3) is 0.0625. The zero-order chi connectivity index (χ0) is 43.7. The number of hydrogen-bond donors (Lipinski definition) is 0. The normalized spacial score (nSPS) is 14.2. The molecule has 2 aliphatic rings. The Bertz CT molecular complexity index is 3810. The maximum Gasteiger partial charge on any atom is 0.135 e. The molecule has 2 heterocycles. The molecule has 0 bridgehead atoms. The molecule has 0 fully saturated rings. The molecule has 2 nitrogen and oxygen atoms in total. The number of aryl methyl sites for hydroxylation is 2. The van der Waals surface area contributed by atoms with E-state index in [0.29, 0.717) is 0 Å². The van der Waals surface area contributed by atoms with Crippen LogP contribution in [0.15, 0.2) is 229 Å². The summed E-state index contributed by atoms with van der Waals surface area (Å²) in [4.78, 5) is 0. The van der Waals surface area contributed by atoms with E-state index in [-0.39, 0.29) is 0 Å². The molecule has 2 aliphatic carbocycles. The Labute approximate surface area is 383 Å². The van der Waals surface area contributed by atoms with Crippen LogP contribution in [0.1, 0.15) is 55.6 Å². The predicted molar refractivity (Wildman–Crippen MR) is 272 cm³/mol. The Kier molecular flexibility index (Phi) is 7.70. The topological polar surface area (TPSA) is 18.1 Å². The summed E-state index contributed by atoms with van der Waals surface area (Å²) in [5.74, 6) is 0. The largest absolute Gasteiger partial charge is 0.456 e. The molecule has 310 valence electrons. The number of aromatic nitrogens is 1. The van der Waals surface area contributed by atoms with Gasteiger partial charge < -0.3 is 8.98 Å². The zero-order valence-corrected chi connectivity index (χ0v) is 36.7. The van der Waals surface area contributed by atoms with E-state index in [4.69, 9.17) is 4.42 Å². The quantitative estimate of drug-likeness (QED) is 0.163. The van der Waals surface area contributed by atoms with Gasteiger partial charge in [-0.3, -0.25) is 0 Å². The van der Waals surface area contributed by atoms with Gasteiger partial charge in [-0.05, 0) is 123 Å². The Morgan fingerprint density at radius 1 is 0.333 bits per heavy atom. The van der Waals surface area contributed by atoms with E-state index in [9.17, 15) is 0 Å². The summed E-state index contributed by atoms with van der Waals surface area (Å²) in [5, 5.41) is 4.82. The summed E-state index contributed by atoms with van der Waals surface area (Å²) >= 11 is 0. The Morgan fingerprint density at radius 2 is 0.742 bits per heavy atom. The van der Waals surface area contributed by atoms with Crippen LogP contribution in [-0.4, -0.2) is 4.57 Å². The van der Waals surface area contributed by atoms with Crippen LogP contribution in [0, 0.1) is 13.8 Å². The van der Waals surface area contributed by atoms with Crippen LogP contribution in [0.5, 0.6) is 0 Å². The summed E-state index contributed by atoms with van der Waals surface area (Å²) in [6, 6.07) is 83.9. The van der Waals surface area contributed by atoms with Crippen molar-refractivity contribution in [1.29, 1.82) is 0 Å². The number of fused-ring (bicyclic) bond motifs is 6. The second-order valence-corrected chi connectivity index (χ2v) is 18.5. The fourth-order valence-corrected chi connectivity index (χ4v) is 12.4. The number of nitrogens with zero attached hydrogens (tertiary/aromatic N) is 1. The lowest BCUT2D eigenvalue weighted by Crippen LogP contribution is -2.33. The Hall–Kier alpha value is -8.20. The van der Waals surface area contributed by atoms with E-state index in [2.05, 4.69) is 231 Å². The van der Waals surface area contributed by atoms with Crippen LogP contribution in [0.4, 0.5) is 0 Å². The molecule has 2 aromatic heterocycles. The standard InChI is InChI=1S/C64H43NO/c1-40-35-53-61-55(37-40)64(45-17-7-4-8-18-45,47-30-32-48(33-31-47)65-57-22-12-9-19-49(57)50-20-10-13-23-58(50)65)56-38-41(2)36-54(62(56)61)63(53,44-15-5-3-6-16-44)46-28-25-42(26-29-46)43-27-34-60-52(39-43)51-21-11-14-24-59(51)66-60/h3-39H,1-2H3. The highest BCUT2D eigenvalue weighted by atomic mass is 16.3. The SMILES string of the molecule is Cc1cc2c3c(c1)C(c1ccccc1)(c1ccc(-n4c5ccccc5c5ccccc54)cc1)c1cc(C)cc(c1-3)C2(c1ccccc1)c1ccc(-c2ccc3oc4ccccc4c3c2)cc1. The third kappa shape index (κ3) is 4.85. The van der Waals surface area contributed by atoms with E-state index in [1.807, 2.05) is 12.1 Å². The van der Waals surface area contributed by atoms with Gasteiger partial charge in [0.15, 0.2) is 0 Å². The molecule has 0 radical (unpaired) electrons. The molecule has 0 saturated heterocycles. The minimum Gasteiger partial charge on any atom is -0.456 e. The van der Waals surface area contributed by atoms with Gasteiger partial charge in [0.25, 0.3) is 0 Å². The molecule has 66 heavy (non-hydrogen) atoms. The second-order valence-electron chi connectivity index (χ2n) is 18.5. The van der Waals surface area contributed by atoms with Gasteiger partial charge in [-0.15, -0.1) is 0 Å². The van der Waals surface area contributed by atoms with Crippen molar-refractivity contribution in [3.63, 3.8) is 0 Å². The van der Waals surface area contributed by atoms with E-state index in [0.717, 1.165) is 27.6 Å². The first-order chi connectivity index (χ1) is 32.5. The first kappa shape index (κ1) is 37.2. The van der Waals surface area contributed by atoms with Gasteiger partial charge in [-0.1, -0.05) is 193 Å². The van der Waals surface area contributed by atoms with E-state index in [1.165, 1.54) is 99.7 Å². The van der Waals surface area contributed by atoms with Gasteiger partial charge in [0.2, 0.25) is 0 Å². The van der Waals surface area contributed by atoms with E-state index >= 15 is 0 Å². The Balaban J connectivity index is 0.998. The van der Waals surface area contributed by atoms with Gasteiger partial charge in [-0.2, -0.15) is 0 Å². The molecule has 10 aromatic carbocycles. The van der Waals surface area contributed by atoms with Crippen LogP contribution in [0.2, 0.25) is 0 Å². The lowest BCUT2D eigenvalue weighted by molar-refractivity contribution is 0.669. The van der Waals surface area contributed by atoms with Gasteiger partial charge in [-0.25, -0.2) is 0 Å². The number of para-hydroxylation sites is 3. The first-order valence-electron chi connectivity index (χ1n) is 23.1. The van der Waals surface area contributed by atoms with Gasteiger partial charge in [0.1, 0.15) is 11.2 Å². The summed E-state index contributed by atoms with van der Waals surface area (Å²) in [6.45, 7) is 4.58. The number of rotatable bonds is 6. The third-order valence-corrected chi connectivity index (χ3v) is 15.0. The van der Waals surface area contributed by atoms with Gasteiger partial charge >= 0.3 is 0 Å². The summed E-state index contributed by atoms with van der Waals surface area (Å²) in [5.41, 5.74) is 22.4. The highest BCUT2D eigenvalue weighted by Gasteiger charge is 2.56. The van der Waals surface area contributed by atoms with Crippen molar-refractivity contribution in [2.45, 2.75) is 24.7 Å². The number of furan rings is 1.